The Hall–Kier alpha value is -2.25. The summed E-state index contributed by atoms with van der Waals surface area (Å²) in [6.45, 7) is 2.66. The average molecular weight is 383 g/mol. The Balaban J connectivity index is 1.97. The monoisotopic (exact) mass is 382 g/mol. The average Bonchev–Trinajstić information content (AvgIpc) is 3.06. The lowest BCUT2D eigenvalue weighted by Crippen LogP contribution is -2.41. The Morgan fingerprint density at radius 2 is 1.88 bits per heavy atom. The number of hydrazine groups is 1. The van der Waals surface area contributed by atoms with Crippen LogP contribution in [0, 0.1) is 0 Å². The molecule has 0 fully saturated rings. The third-order valence-electron chi connectivity index (χ3n) is 3.27. The van der Waals surface area contributed by atoms with E-state index in [4.69, 9.17) is 21.1 Å². The van der Waals surface area contributed by atoms with E-state index in [0.29, 0.717) is 32.9 Å². The molecule has 0 unspecified atom stereocenters. The first-order chi connectivity index (χ1) is 12.0. The van der Waals surface area contributed by atoms with Crippen LogP contribution in [-0.4, -0.2) is 25.5 Å². The van der Waals surface area contributed by atoms with Crippen LogP contribution in [-0.2, 0) is 0 Å². The van der Waals surface area contributed by atoms with Gasteiger partial charge >= 0.3 is 0 Å². The molecule has 6 nitrogen and oxygen atoms in total. The summed E-state index contributed by atoms with van der Waals surface area (Å²) >= 11 is 6.91. The quantitative estimate of drug-likeness (QED) is 0.566. The van der Waals surface area contributed by atoms with Gasteiger partial charge in [-0.3, -0.25) is 20.4 Å². The number of hydrogen-bond donors (Lipinski definition) is 2. The van der Waals surface area contributed by atoms with Crippen molar-refractivity contribution in [1.82, 2.24) is 10.9 Å². The first-order valence-electron chi connectivity index (χ1n) is 7.72. The van der Waals surface area contributed by atoms with Gasteiger partial charge in [0.05, 0.1) is 22.9 Å². The predicted octanol–water partition coefficient (Wildman–Crippen LogP) is 3.66. The third-order valence-corrected chi connectivity index (χ3v) is 4.50. The highest BCUT2D eigenvalue weighted by Gasteiger charge is 2.13. The molecule has 2 amide bonds. The van der Waals surface area contributed by atoms with Crippen molar-refractivity contribution in [2.45, 2.75) is 19.8 Å². The van der Waals surface area contributed by atoms with Crippen molar-refractivity contribution in [3.05, 3.63) is 45.1 Å². The molecule has 1 aromatic carbocycles. The number of hydrogen-bond acceptors (Lipinski definition) is 5. The van der Waals surface area contributed by atoms with Gasteiger partial charge in [0.2, 0.25) is 0 Å². The van der Waals surface area contributed by atoms with Crippen LogP contribution in [0.1, 0.15) is 39.8 Å². The fraction of sp³-hybridized carbons (Fsp3) is 0.294. The molecule has 0 atom stereocenters. The molecule has 1 aromatic heterocycles. The number of thiophene rings is 1. The number of halogens is 1. The lowest BCUT2D eigenvalue weighted by Gasteiger charge is -2.12. The van der Waals surface area contributed by atoms with Gasteiger partial charge in [0, 0.05) is 5.56 Å². The summed E-state index contributed by atoms with van der Waals surface area (Å²) in [5.41, 5.74) is 5.04. The summed E-state index contributed by atoms with van der Waals surface area (Å²) in [7, 11) is 1.51. The van der Waals surface area contributed by atoms with Crippen molar-refractivity contribution >= 4 is 34.8 Å². The molecule has 0 aliphatic carbocycles. The van der Waals surface area contributed by atoms with Gasteiger partial charge in [0.15, 0.2) is 11.5 Å². The molecule has 0 aliphatic rings. The Labute approximate surface area is 155 Å². The standard InChI is InChI=1S/C17H19ClN2O4S/c1-3-4-9-24-12-6-5-11(10-13(12)23-2)16(21)19-20-17(22)14-7-8-15(18)25-14/h5-8,10H,3-4,9H2,1-2H3,(H,19,21)(H,20,22). The number of benzene rings is 1. The van der Waals surface area contributed by atoms with Crippen molar-refractivity contribution in [2.24, 2.45) is 0 Å². The number of amides is 2. The molecule has 25 heavy (non-hydrogen) atoms. The lowest BCUT2D eigenvalue weighted by molar-refractivity contribution is 0.0848. The lowest BCUT2D eigenvalue weighted by atomic mass is 10.2. The van der Waals surface area contributed by atoms with Crippen LogP contribution in [0.4, 0.5) is 0 Å². The summed E-state index contributed by atoms with van der Waals surface area (Å²) in [6.07, 6.45) is 1.96. The number of methoxy groups -OCH3 is 1. The first kappa shape index (κ1) is 19.1. The Morgan fingerprint density at radius 3 is 2.52 bits per heavy atom. The summed E-state index contributed by atoms with van der Waals surface area (Å²) in [4.78, 5) is 24.5. The molecule has 2 rings (SSSR count). The van der Waals surface area contributed by atoms with Gasteiger partial charge in [-0.2, -0.15) is 0 Å². The number of carbonyl (C=O) groups is 2. The number of carbonyl (C=O) groups excluding carboxylic acids is 2. The van der Waals surface area contributed by atoms with Gasteiger partial charge in [-0.1, -0.05) is 24.9 Å². The van der Waals surface area contributed by atoms with Crippen molar-refractivity contribution in [1.29, 1.82) is 0 Å². The second-order valence-electron chi connectivity index (χ2n) is 5.08. The summed E-state index contributed by atoms with van der Waals surface area (Å²) < 4.78 is 11.4. The van der Waals surface area contributed by atoms with E-state index in [1.165, 1.54) is 7.11 Å². The van der Waals surface area contributed by atoms with E-state index in [1.807, 2.05) is 0 Å². The Kier molecular flexibility index (Phi) is 7.09. The molecule has 0 saturated heterocycles. The van der Waals surface area contributed by atoms with Crippen LogP contribution in [0.15, 0.2) is 30.3 Å². The minimum absolute atomic E-state index is 0.337. The molecule has 0 bridgehead atoms. The van der Waals surface area contributed by atoms with Gasteiger partial charge < -0.3 is 9.47 Å². The predicted molar refractivity (Wildman–Crippen MR) is 97.7 cm³/mol. The summed E-state index contributed by atoms with van der Waals surface area (Å²) in [5, 5.41) is 0. The van der Waals surface area contributed by atoms with Crippen LogP contribution in [0.25, 0.3) is 0 Å². The largest absolute Gasteiger partial charge is 0.493 e. The smallest absolute Gasteiger partial charge is 0.279 e. The van der Waals surface area contributed by atoms with E-state index in [9.17, 15) is 9.59 Å². The number of ether oxygens (including phenoxy) is 2. The zero-order chi connectivity index (χ0) is 18.2. The number of unbranched alkanes of at least 4 members (excludes halogenated alkanes) is 1. The molecule has 0 saturated carbocycles. The highest BCUT2D eigenvalue weighted by Crippen LogP contribution is 2.28. The molecular weight excluding hydrogens is 364 g/mol. The molecule has 0 radical (unpaired) electrons. The SMILES string of the molecule is CCCCOc1ccc(C(=O)NNC(=O)c2ccc(Cl)s2)cc1OC. The Bertz CT molecular complexity index is 748. The fourth-order valence-corrected chi connectivity index (χ4v) is 2.88. The minimum atomic E-state index is -0.464. The molecule has 2 aromatic rings. The number of rotatable bonds is 7. The Morgan fingerprint density at radius 1 is 1.12 bits per heavy atom. The van der Waals surface area contributed by atoms with Crippen molar-refractivity contribution in [3.8, 4) is 11.5 Å². The maximum atomic E-state index is 12.2. The van der Waals surface area contributed by atoms with Gasteiger partial charge in [0.1, 0.15) is 0 Å². The molecule has 1 heterocycles. The van der Waals surface area contributed by atoms with Crippen molar-refractivity contribution < 1.29 is 19.1 Å². The minimum Gasteiger partial charge on any atom is -0.493 e. The van der Waals surface area contributed by atoms with E-state index in [0.717, 1.165) is 24.2 Å². The first-order valence-corrected chi connectivity index (χ1v) is 8.91. The summed E-state index contributed by atoms with van der Waals surface area (Å²) in [5.74, 6) is 0.135. The van der Waals surface area contributed by atoms with Crippen LogP contribution in [0.2, 0.25) is 4.34 Å². The maximum Gasteiger partial charge on any atom is 0.279 e. The fourth-order valence-electron chi connectivity index (χ4n) is 1.94. The van der Waals surface area contributed by atoms with Gasteiger partial charge in [0.25, 0.3) is 11.8 Å². The molecular formula is C17H19ClN2O4S. The highest BCUT2D eigenvalue weighted by atomic mass is 35.5. The molecule has 2 N–H and O–H groups in total. The van der Waals surface area contributed by atoms with E-state index < -0.39 is 11.8 Å². The molecule has 0 spiro atoms. The molecule has 134 valence electrons. The van der Waals surface area contributed by atoms with Gasteiger partial charge in [-0.15, -0.1) is 11.3 Å². The van der Waals surface area contributed by atoms with E-state index in [-0.39, 0.29) is 0 Å². The zero-order valence-corrected chi connectivity index (χ0v) is 15.5. The van der Waals surface area contributed by atoms with Gasteiger partial charge in [-0.25, -0.2) is 0 Å². The van der Waals surface area contributed by atoms with Gasteiger partial charge in [-0.05, 0) is 36.8 Å². The second-order valence-corrected chi connectivity index (χ2v) is 6.79. The van der Waals surface area contributed by atoms with Crippen molar-refractivity contribution in [3.63, 3.8) is 0 Å². The molecule has 0 aliphatic heterocycles. The van der Waals surface area contributed by atoms with E-state index >= 15 is 0 Å². The highest BCUT2D eigenvalue weighted by molar-refractivity contribution is 7.17. The van der Waals surface area contributed by atoms with Crippen LogP contribution in [0.3, 0.4) is 0 Å². The van der Waals surface area contributed by atoms with Crippen molar-refractivity contribution in [2.75, 3.05) is 13.7 Å². The maximum absolute atomic E-state index is 12.2. The van der Waals surface area contributed by atoms with Crippen LogP contribution >= 0.6 is 22.9 Å². The second kappa shape index (κ2) is 9.29. The summed E-state index contributed by atoms with van der Waals surface area (Å²) in [6, 6.07) is 8.04. The topological polar surface area (TPSA) is 76.7 Å². The third kappa shape index (κ3) is 5.37. The normalized spacial score (nSPS) is 10.2. The van der Waals surface area contributed by atoms with E-state index in [1.54, 1.807) is 30.3 Å². The molecule has 8 heteroatoms. The zero-order valence-electron chi connectivity index (χ0n) is 13.9. The van der Waals surface area contributed by atoms with E-state index in [2.05, 4.69) is 17.8 Å². The number of nitrogens with one attached hydrogen (secondary N) is 2. The van der Waals surface area contributed by atoms with Crippen LogP contribution in [0.5, 0.6) is 11.5 Å². The van der Waals surface area contributed by atoms with Crippen LogP contribution < -0.4 is 20.3 Å².